The second kappa shape index (κ2) is 11.6. The molecule has 1 aliphatic carbocycles. The monoisotopic (exact) mass is 463 g/mol. The number of hydrogen-bond acceptors (Lipinski definition) is 2. The van der Waals surface area contributed by atoms with Gasteiger partial charge in [-0.15, -0.1) is 0 Å². The number of rotatable bonds is 7. The minimum atomic E-state index is 0.0784. The lowest BCUT2D eigenvalue weighted by Crippen LogP contribution is -2.51. The number of nitrogens with zero attached hydrogens (tertiary/aromatic N) is 1. The van der Waals surface area contributed by atoms with E-state index in [1.165, 1.54) is 24.8 Å². The van der Waals surface area contributed by atoms with Crippen LogP contribution >= 0.6 is 15.9 Å². The number of hydrogen-bond donors (Lipinski definition) is 2. The van der Waals surface area contributed by atoms with E-state index in [-0.39, 0.29) is 18.0 Å². The molecule has 2 fully saturated rings. The number of urea groups is 1. The number of benzene rings is 1. The normalized spacial score (nSPS) is 18.4. The molecule has 1 saturated heterocycles. The summed E-state index contributed by atoms with van der Waals surface area (Å²) >= 11 is 3.45. The molecular formula is C23H34BrN3O2. The Morgan fingerprint density at radius 3 is 2.24 bits per heavy atom. The zero-order chi connectivity index (χ0) is 20.5. The lowest BCUT2D eigenvalue weighted by molar-refractivity contribution is -0.122. The van der Waals surface area contributed by atoms with Gasteiger partial charge >= 0.3 is 6.03 Å². The van der Waals surface area contributed by atoms with Crippen molar-refractivity contribution in [1.29, 1.82) is 0 Å². The minimum absolute atomic E-state index is 0.0784. The molecule has 1 aromatic rings. The fourth-order valence-corrected chi connectivity index (χ4v) is 4.57. The molecule has 0 unspecified atom stereocenters. The van der Waals surface area contributed by atoms with E-state index in [0.717, 1.165) is 62.5 Å². The highest BCUT2D eigenvalue weighted by Crippen LogP contribution is 2.18. The molecule has 2 N–H and O–H groups in total. The third-order valence-corrected chi connectivity index (χ3v) is 6.64. The van der Waals surface area contributed by atoms with E-state index >= 15 is 0 Å². The Hall–Kier alpha value is -1.56. The third-order valence-electron chi connectivity index (χ3n) is 6.11. The van der Waals surface area contributed by atoms with Crippen LogP contribution in [0, 0.1) is 0 Å². The average molecular weight is 464 g/mol. The summed E-state index contributed by atoms with van der Waals surface area (Å²) in [5.74, 6) is 0.144. The smallest absolute Gasteiger partial charge is 0.317 e. The molecule has 1 saturated carbocycles. The van der Waals surface area contributed by atoms with Crippen molar-refractivity contribution >= 4 is 27.9 Å². The number of halogens is 1. The number of aryl methyl sites for hydroxylation is 1. The number of nitrogens with one attached hydrogen (secondary N) is 2. The Morgan fingerprint density at radius 2 is 1.55 bits per heavy atom. The number of likely N-dealkylation sites (tertiary alicyclic amines) is 1. The summed E-state index contributed by atoms with van der Waals surface area (Å²) in [6.07, 6.45) is 11.2. The molecule has 6 heteroatoms. The van der Waals surface area contributed by atoms with E-state index in [1.807, 2.05) is 4.90 Å². The van der Waals surface area contributed by atoms with E-state index in [1.54, 1.807) is 0 Å². The minimum Gasteiger partial charge on any atom is -0.353 e. The van der Waals surface area contributed by atoms with Gasteiger partial charge in [-0.2, -0.15) is 0 Å². The second-order valence-electron chi connectivity index (χ2n) is 8.45. The molecule has 1 aliphatic heterocycles. The quantitative estimate of drug-likeness (QED) is 0.571. The van der Waals surface area contributed by atoms with Crippen LogP contribution in [-0.2, 0) is 11.2 Å². The first-order chi connectivity index (χ1) is 14.1. The summed E-state index contributed by atoms with van der Waals surface area (Å²) in [6.45, 7) is 1.46. The van der Waals surface area contributed by atoms with E-state index < -0.39 is 0 Å². The average Bonchev–Trinajstić information content (AvgIpc) is 2.74. The van der Waals surface area contributed by atoms with Gasteiger partial charge in [0.2, 0.25) is 5.91 Å². The summed E-state index contributed by atoms with van der Waals surface area (Å²) in [6, 6.07) is 9.01. The summed E-state index contributed by atoms with van der Waals surface area (Å²) in [5, 5.41) is 6.35. The van der Waals surface area contributed by atoms with Gasteiger partial charge in [0, 0.05) is 36.1 Å². The largest absolute Gasteiger partial charge is 0.353 e. The van der Waals surface area contributed by atoms with Crippen molar-refractivity contribution in [1.82, 2.24) is 15.5 Å². The molecule has 160 valence electrons. The first-order valence-corrected chi connectivity index (χ1v) is 12.0. The van der Waals surface area contributed by atoms with Gasteiger partial charge in [-0.25, -0.2) is 4.79 Å². The Morgan fingerprint density at radius 1 is 0.897 bits per heavy atom. The number of amides is 3. The highest BCUT2D eigenvalue weighted by molar-refractivity contribution is 9.10. The van der Waals surface area contributed by atoms with Crippen molar-refractivity contribution in [3.05, 3.63) is 34.3 Å². The maximum absolute atomic E-state index is 12.4. The number of piperidine rings is 1. The van der Waals surface area contributed by atoms with Crippen LogP contribution in [0.25, 0.3) is 0 Å². The van der Waals surface area contributed by atoms with Crippen LogP contribution in [0.2, 0.25) is 0 Å². The van der Waals surface area contributed by atoms with Gasteiger partial charge in [0.05, 0.1) is 0 Å². The molecular weight excluding hydrogens is 430 g/mol. The van der Waals surface area contributed by atoms with Crippen molar-refractivity contribution in [3.8, 4) is 0 Å². The molecule has 5 nitrogen and oxygen atoms in total. The summed E-state index contributed by atoms with van der Waals surface area (Å²) in [7, 11) is 0. The zero-order valence-corrected chi connectivity index (χ0v) is 18.9. The van der Waals surface area contributed by atoms with Gasteiger partial charge in [0.25, 0.3) is 0 Å². The van der Waals surface area contributed by atoms with Crippen molar-refractivity contribution in [2.75, 3.05) is 13.1 Å². The molecule has 0 atom stereocenters. The van der Waals surface area contributed by atoms with Gasteiger partial charge in [-0.1, -0.05) is 47.3 Å². The zero-order valence-electron chi connectivity index (χ0n) is 17.3. The summed E-state index contributed by atoms with van der Waals surface area (Å²) in [5.41, 5.74) is 1.31. The van der Waals surface area contributed by atoms with E-state index in [4.69, 9.17) is 0 Å². The standard InChI is InChI=1S/C23H34BrN3O2/c24-19-12-10-18(11-13-19)6-4-5-9-22(28)25-21-14-16-27(17-15-21)23(29)26-20-7-2-1-3-8-20/h10-13,20-21H,1-9,14-17H2,(H,25,28)(H,26,29). The van der Waals surface area contributed by atoms with E-state index in [9.17, 15) is 9.59 Å². The Kier molecular flexibility index (Phi) is 8.84. The molecule has 1 aromatic carbocycles. The molecule has 0 radical (unpaired) electrons. The number of unbranched alkanes of at least 4 members (excludes halogenated alkanes) is 1. The van der Waals surface area contributed by atoms with Crippen LogP contribution in [0.3, 0.4) is 0 Å². The van der Waals surface area contributed by atoms with Crippen LogP contribution in [0.1, 0.15) is 69.8 Å². The van der Waals surface area contributed by atoms with Gasteiger partial charge in [0.15, 0.2) is 0 Å². The van der Waals surface area contributed by atoms with Gasteiger partial charge in [-0.3, -0.25) is 4.79 Å². The molecule has 0 aromatic heterocycles. The predicted molar refractivity (Wildman–Crippen MR) is 120 cm³/mol. The van der Waals surface area contributed by atoms with E-state index in [0.29, 0.717) is 12.5 Å². The third kappa shape index (κ3) is 7.65. The van der Waals surface area contributed by atoms with E-state index in [2.05, 4.69) is 50.8 Å². The maximum Gasteiger partial charge on any atom is 0.317 e. The van der Waals surface area contributed by atoms with Crippen molar-refractivity contribution in [2.45, 2.75) is 82.7 Å². The van der Waals surface area contributed by atoms with Crippen molar-refractivity contribution in [3.63, 3.8) is 0 Å². The summed E-state index contributed by atoms with van der Waals surface area (Å²) in [4.78, 5) is 26.6. The maximum atomic E-state index is 12.4. The van der Waals surface area contributed by atoms with Gasteiger partial charge in [-0.05, 0) is 62.6 Å². The molecule has 0 bridgehead atoms. The molecule has 1 heterocycles. The van der Waals surface area contributed by atoms with Crippen LogP contribution in [0.15, 0.2) is 28.7 Å². The fraction of sp³-hybridized carbons (Fsp3) is 0.652. The Balaban J connectivity index is 1.27. The highest BCUT2D eigenvalue weighted by atomic mass is 79.9. The molecule has 3 amide bonds. The van der Waals surface area contributed by atoms with Crippen molar-refractivity contribution in [2.24, 2.45) is 0 Å². The lowest BCUT2D eigenvalue weighted by Gasteiger charge is -2.34. The predicted octanol–water partition coefficient (Wildman–Crippen LogP) is 4.78. The van der Waals surface area contributed by atoms with Crippen LogP contribution < -0.4 is 10.6 Å². The molecule has 29 heavy (non-hydrogen) atoms. The lowest BCUT2D eigenvalue weighted by atomic mass is 9.95. The molecule has 3 rings (SSSR count). The molecule has 0 spiro atoms. The molecule has 2 aliphatic rings. The number of carbonyl (C=O) groups excluding carboxylic acids is 2. The van der Waals surface area contributed by atoms with Gasteiger partial charge in [0.1, 0.15) is 0 Å². The second-order valence-corrected chi connectivity index (χ2v) is 9.36. The number of carbonyl (C=O) groups is 2. The SMILES string of the molecule is O=C(CCCCc1ccc(Br)cc1)NC1CCN(C(=O)NC2CCCCC2)CC1. The van der Waals surface area contributed by atoms with Crippen LogP contribution in [0.5, 0.6) is 0 Å². The highest BCUT2D eigenvalue weighted by Gasteiger charge is 2.25. The Labute approximate surface area is 183 Å². The first-order valence-electron chi connectivity index (χ1n) is 11.2. The van der Waals surface area contributed by atoms with Crippen LogP contribution in [0.4, 0.5) is 4.79 Å². The first kappa shape index (κ1) is 22.1. The summed E-state index contributed by atoms with van der Waals surface area (Å²) < 4.78 is 1.10. The van der Waals surface area contributed by atoms with Gasteiger partial charge < -0.3 is 15.5 Å². The van der Waals surface area contributed by atoms with Crippen LogP contribution in [-0.4, -0.2) is 42.0 Å². The Bertz CT molecular complexity index is 651. The van der Waals surface area contributed by atoms with Crippen molar-refractivity contribution < 1.29 is 9.59 Å². The fourth-order valence-electron chi connectivity index (χ4n) is 4.31. The topological polar surface area (TPSA) is 61.4 Å².